The van der Waals surface area contributed by atoms with Gasteiger partial charge in [0.25, 0.3) is 0 Å². The van der Waals surface area contributed by atoms with Crippen molar-refractivity contribution in [1.29, 1.82) is 0 Å². The number of aromatic nitrogens is 4. The molecule has 0 bridgehead atoms. The molecule has 8 nitrogen and oxygen atoms in total. The molecule has 0 aliphatic carbocycles. The molecule has 26 heavy (non-hydrogen) atoms. The molecule has 0 radical (unpaired) electrons. The fraction of sp³-hybridized carbons (Fsp3) is 0.667. The highest BCUT2D eigenvalue weighted by Gasteiger charge is 2.38. The zero-order valence-electron chi connectivity index (χ0n) is 15.8. The van der Waals surface area contributed by atoms with Crippen molar-refractivity contribution in [2.45, 2.75) is 37.4 Å². The van der Waals surface area contributed by atoms with Crippen LogP contribution >= 0.6 is 0 Å². The van der Waals surface area contributed by atoms with Crippen molar-refractivity contribution >= 4 is 0 Å². The van der Waals surface area contributed by atoms with Gasteiger partial charge < -0.3 is 24.8 Å². The van der Waals surface area contributed by atoms with Crippen LogP contribution in [0.15, 0.2) is 25.0 Å². The highest BCUT2D eigenvalue weighted by atomic mass is 16.5. The van der Waals surface area contributed by atoms with Crippen molar-refractivity contribution in [2.75, 3.05) is 40.5 Å². The first kappa shape index (κ1) is 19.0. The van der Waals surface area contributed by atoms with E-state index in [0.29, 0.717) is 19.3 Å². The third kappa shape index (κ3) is 4.91. The summed E-state index contributed by atoms with van der Waals surface area (Å²) in [5, 5.41) is 3.76. The van der Waals surface area contributed by atoms with E-state index in [0.717, 1.165) is 30.9 Å². The van der Waals surface area contributed by atoms with E-state index in [4.69, 9.17) is 9.47 Å². The van der Waals surface area contributed by atoms with E-state index < -0.39 is 0 Å². The number of aromatic amines is 2. The van der Waals surface area contributed by atoms with Gasteiger partial charge >= 0.3 is 0 Å². The maximum atomic E-state index is 5.53. The molecule has 0 spiro atoms. The lowest BCUT2D eigenvalue weighted by Gasteiger charge is -2.34. The molecule has 1 saturated heterocycles. The molecule has 0 amide bonds. The van der Waals surface area contributed by atoms with Gasteiger partial charge in [-0.25, -0.2) is 9.97 Å². The van der Waals surface area contributed by atoms with Crippen LogP contribution in [0.25, 0.3) is 0 Å². The van der Waals surface area contributed by atoms with Crippen molar-refractivity contribution in [3.63, 3.8) is 0 Å². The molecule has 1 aliphatic rings. The molecule has 3 N–H and O–H groups in total. The number of nitrogens with zero attached hydrogens (tertiary/aromatic N) is 3. The van der Waals surface area contributed by atoms with Gasteiger partial charge in [-0.3, -0.25) is 4.90 Å². The second-order valence-corrected chi connectivity index (χ2v) is 6.98. The third-order valence-electron chi connectivity index (χ3n) is 5.01. The Labute approximate surface area is 154 Å². The number of methoxy groups -OCH3 is 2. The van der Waals surface area contributed by atoms with Gasteiger partial charge in [-0.05, 0) is 6.92 Å². The number of hydrogen-bond acceptors (Lipinski definition) is 6. The summed E-state index contributed by atoms with van der Waals surface area (Å²) in [5.74, 6) is 0.251. The summed E-state index contributed by atoms with van der Waals surface area (Å²) in [5.41, 5.74) is 2.24. The lowest BCUT2D eigenvalue weighted by molar-refractivity contribution is 0.112. The molecule has 3 rings (SSSR count). The smallest absolute Gasteiger partial charge is 0.0921 e. The SMILES string of the molecule is COCC(Cc1cnc[nH]1)NC(C)C(c1cnc[nH]1)C(COC)N1CC1. The zero-order chi connectivity index (χ0) is 18.4. The average molecular weight is 362 g/mol. The monoisotopic (exact) mass is 362 g/mol. The van der Waals surface area contributed by atoms with E-state index in [-0.39, 0.29) is 18.0 Å². The van der Waals surface area contributed by atoms with Gasteiger partial charge in [-0.2, -0.15) is 0 Å². The zero-order valence-corrected chi connectivity index (χ0v) is 15.8. The molecule has 4 unspecified atom stereocenters. The van der Waals surface area contributed by atoms with Gasteiger partial charge in [0.1, 0.15) is 0 Å². The maximum Gasteiger partial charge on any atom is 0.0921 e. The number of hydrogen-bond donors (Lipinski definition) is 3. The average Bonchev–Trinajstić information content (AvgIpc) is 3.07. The van der Waals surface area contributed by atoms with Crippen LogP contribution in [-0.2, 0) is 15.9 Å². The molecule has 2 aromatic rings. The number of H-pyrrole nitrogens is 2. The van der Waals surface area contributed by atoms with Gasteiger partial charge in [0.05, 0.1) is 25.9 Å². The molecule has 3 heterocycles. The van der Waals surface area contributed by atoms with Gasteiger partial charge in [0.15, 0.2) is 0 Å². The van der Waals surface area contributed by atoms with E-state index in [9.17, 15) is 0 Å². The first-order chi connectivity index (χ1) is 12.7. The maximum absolute atomic E-state index is 5.53. The lowest BCUT2D eigenvalue weighted by Crippen LogP contribution is -2.49. The predicted octanol–water partition coefficient (Wildman–Crippen LogP) is 0.783. The summed E-state index contributed by atoms with van der Waals surface area (Å²) < 4.78 is 11.0. The van der Waals surface area contributed by atoms with Crippen LogP contribution in [-0.4, -0.2) is 83.5 Å². The Bertz CT molecular complexity index is 614. The van der Waals surface area contributed by atoms with Crippen molar-refractivity contribution in [3.05, 3.63) is 36.4 Å². The molecule has 0 aromatic carbocycles. The van der Waals surface area contributed by atoms with Crippen LogP contribution in [0, 0.1) is 0 Å². The molecule has 144 valence electrons. The Kier molecular flexibility index (Phi) is 6.79. The highest BCUT2D eigenvalue weighted by molar-refractivity contribution is 5.13. The molecular formula is C18H30N6O2. The first-order valence-electron chi connectivity index (χ1n) is 9.16. The Morgan fingerprint density at radius 2 is 1.85 bits per heavy atom. The van der Waals surface area contributed by atoms with E-state index >= 15 is 0 Å². The minimum Gasteiger partial charge on any atom is -0.383 e. The fourth-order valence-corrected chi connectivity index (χ4v) is 3.76. The first-order valence-corrected chi connectivity index (χ1v) is 9.16. The van der Waals surface area contributed by atoms with E-state index in [2.05, 4.69) is 37.1 Å². The molecule has 8 heteroatoms. The lowest BCUT2D eigenvalue weighted by atomic mass is 9.89. The van der Waals surface area contributed by atoms with Crippen LogP contribution in [0.2, 0.25) is 0 Å². The summed E-state index contributed by atoms with van der Waals surface area (Å²) >= 11 is 0. The summed E-state index contributed by atoms with van der Waals surface area (Å²) in [7, 11) is 3.51. The highest BCUT2D eigenvalue weighted by Crippen LogP contribution is 2.29. The standard InChI is InChI=1S/C18H30N6O2/c1-13(23-15(9-25-2)6-14-7-19-11-21-14)18(16-8-20-12-22-16)17(10-26-3)24-4-5-24/h7-8,11-13,15,17-18,23H,4-6,9-10H2,1-3H3,(H,19,21)(H,20,22). The fourth-order valence-electron chi connectivity index (χ4n) is 3.76. The molecular weight excluding hydrogens is 332 g/mol. The van der Waals surface area contributed by atoms with Gasteiger partial charge in [-0.1, -0.05) is 0 Å². The van der Waals surface area contributed by atoms with Gasteiger partial charge in [0.2, 0.25) is 0 Å². The second kappa shape index (κ2) is 9.27. The largest absolute Gasteiger partial charge is 0.383 e. The van der Waals surface area contributed by atoms with Gasteiger partial charge in [0, 0.05) is 81.6 Å². The number of rotatable bonds is 12. The molecule has 1 aliphatic heterocycles. The Hall–Kier alpha value is -1.74. The van der Waals surface area contributed by atoms with Crippen LogP contribution in [0.3, 0.4) is 0 Å². The minimum absolute atomic E-state index is 0.193. The van der Waals surface area contributed by atoms with E-state index in [1.165, 1.54) is 0 Å². The Morgan fingerprint density at radius 1 is 1.12 bits per heavy atom. The Morgan fingerprint density at radius 3 is 2.42 bits per heavy atom. The van der Waals surface area contributed by atoms with E-state index in [1.807, 2.05) is 12.4 Å². The summed E-state index contributed by atoms with van der Waals surface area (Å²) in [6.45, 7) is 5.82. The molecule has 1 fully saturated rings. The molecule has 4 atom stereocenters. The van der Waals surface area contributed by atoms with Crippen LogP contribution in [0.5, 0.6) is 0 Å². The predicted molar refractivity (Wildman–Crippen MR) is 99.1 cm³/mol. The van der Waals surface area contributed by atoms with Crippen LogP contribution in [0.4, 0.5) is 0 Å². The number of ether oxygens (including phenoxy) is 2. The Balaban J connectivity index is 1.73. The summed E-state index contributed by atoms with van der Waals surface area (Å²) in [6, 6.07) is 0.732. The third-order valence-corrected chi connectivity index (χ3v) is 5.01. The van der Waals surface area contributed by atoms with Crippen molar-refractivity contribution in [1.82, 2.24) is 30.2 Å². The van der Waals surface area contributed by atoms with Crippen molar-refractivity contribution in [3.8, 4) is 0 Å². The van der Waals surface area contributed by atoms with E-state index in [1.54, 1.807) is 26.9 Å². The van der Waals surface area contributed by atoms with Crippen LogP contribution in [0.1, 0.15) is 24.2 Å². The van der Waals surface area contributed by atoms with Gasteiger partial charge in [-0.15, -0.1) is 0 Å². The number of nitrogens with one attached hydrogen (secondary N) is 3. The van der Waals surface area contributed by atoms with Crippen molar-refractivity contribution in [2.24, 2.45) is 0 Å². The topological polar surface area (TPSA) is 90.9 Å². The van der Waals surface area contributed by atoms with Crippen LogP contribution < -0.4 is 5.32 Å². The molecule has 0 saturated carbocycles. The number of imidazole rings is 2. The quantitative estimate of drug-likeness (QED) is 0.484. The summed E-state index contributed by atoms with van der Waals surface area (Å²) in [4.78, 5) is 17.3. The second-order valence-electron chi connectivity index (χ2n) is 6.98. The van der Waals surface area contributed by atoms with Crippen molar-refractivity contribution < 1.29 is 9.47 Å². The molecule has 2 aromatic heterocycles. The normalized spacial score (nSPS) is 19.2. The minimum atomic E-state index is 0.193. The summed E-state index contributed by atoms with van der Waals surface area (Å²) in [6.07, 6.45) is 8.09.